The molecule has 0 fully saturated rings. The van der Waals surface area contributed by atoms with Gasteiger partial charge < -0.3 is 10.6 Å². The van der Waals surface area contributed by atoms with Crippen molar-refractivity contribution >= 4 is 11.7 Å². The first kappa shape index (κ1) is 14.1. The van der Waals surface area contributed by atoms with E-state index in [4.69, 9.17) is 0 Å². The number of nitrogens with one attached hydrogen (secondary N) is 2. The molecule has 0 bridgehead atoms. The van der Waals surface area contributed by atoms with Crippen LogP contribution < -0.4 is 10.6 Å². The Bertz CT molecular complexity index is 573. The van der Waals surface area contributed by atoms with Gasteiger partial charge in [0, 0.05) is 5.69 Å². The molecule has 0 unspecified atom stereocenters. The van der Waals surface area contributed by atoms with Gasteiger partial charge in [0.1, 0.15) is 0 Å². The maximum absolute atomic E-state index is 12.0. The lowest BCUT2D eigenvalue weighted by Gasteiger charge is -2.15. The SMILES string of the molecule is Cc1cc(C)cc(NC(=O)N[C@H](C)c2ccccc2)c1. The third-order valence-electron chi connectivity index (χ3n) is 3.13. The lowest BCUT2D eigenvalue weighted by atomic mass is 10.1. The van der Waals surface area contributed by atoms with Crippen LogP contribution in [-0.4, -0.2) is 6.03 Å². The Morgan fingerprint density at radius 3 is 2.20 bits per heavy atom. The minimum Gasteiger partial charge on any atom is -0.331 e. The monoisotopic (exact) mass is 268 g/mol. The van der Waals surface area contributed by atoms with Crippen LogP contribution in [0.4, 0.5) is 10.5 Å². The predicted octanol–water partition coefficient (Wildman–Crippen LogP) is 4.19. The van der Waals surface area contributed by atoms with Crippen molar-refractivity contribution in [2.24, 2.45) is 0 Å². The van der Waals surface area contributed by atoms with Crippen LogP contribution in [0.15, 0.2) is 48.5 Å². The molecule has 20 heavy (non-hydrogen) atoms. The van der Waals surface area contributed by atoms with Gasteiger partial charge in [-0.05, 0) is 49.6 Å². The number of hydrogen-bond acceptors (Lipinski definition) is 1. The Labute approximate surface area is 120 Å². The molecule has 1 atom stereocenters. The highest BCUT2D eigenvalue weighted by molar-refractivity contribution is 5.89. The van der Waals surface area contributed by atoms with Crippen LogP contribution in [0.3, 0.4) is 0 Å². The molecule has 0 spiro atoms. The fraction of sp³-hybridized carbons (Fsp3) is 0.235. The zero-order chi connectivity index (χ0) is 14.5. The molecule has 2 aromatic rings. The highest BCUT2D eigenvalue weighted by Crippen LogP contribution is 2.15. The van der Waals surface area contributed by atoms with E-state index in [0.717, 1.165) is 22.4 Å². The van der Waals surface area contributed by atoms with Gasteiger partial charge in [0.25, 0.3) is 0 Å². The van der Waals surface area contributed by atoms with Gasteiger partial charge >= 0.3 is 6.03 Å². The summed E-state index contributed by atoms with van der Waals surface area (Å²) >= 11 is 0. The highest BCUT2D eigenvalue weighted by Gasteiger charge is 2.09. The quantitative estimate of drug-likeness (QED) is 0.861. The molecule has 0 heterocycles. The van der Waals surface area contributed by atoms with Gasteiger partial charge in [0.15, 0.2) is 0 Å². The van der Waals surface area contributed by atoms with Crippen molar-refractivity contribution < 1.29 is 4.79 Å². The van der Waals surface area contributed by atoms with Crippen LogP contribution in [0.25, 0.3) is 0 Å². The zero-order valence-electron chi connectivity index (χ0n) is 12.1. The second-order valence-electron chi connectivity index (χ2n) is 5.11. The van der Waals surface area contributed by atoms with Gasteiger partial charge in [-0.3, -0.25) is 0 Å². The number of benzene rings is 2. The number of carbonyl (C=O) groups excluding carboxylic acids is 1. The molecule has 0 aromatic heterocycles. The summed E-state index contributed by atoms with van der Waals surface area (Å²) in [6.07, 6.45) is 0. The van der Waals surface area contributed by atoms with Gasteiger partial charge in [0.05, 0.1) is 6.04 Å². The van der Waals surface area contributed by atoms with E-state index in [-0.39, 0.29) is 12.1 Å². The summed E-state index contributed by atoms with van der Waals surface area (Å²) in [5.41, 5.74) is 4.18. The Kier molecular flexibility index (Phi) is 4.41. The third-order valence-corrected chi connectivity index (χ3v) is 3.13. The number of carbonyl (C=O) groups is 1. The van der Waals surface area contributed by atoms with E-state index >= 15 is 0 Å². The van der Waals surface area contributed by atoms with Crippen molar-refractivity contribution in [1.82, 2.24) is 5.32 Å². The summed E-state index contributed by atoms with van der Waals surface area (Å²) in [7, 11) is 0. The molecule has 0 radical (unpaired) electrons. The van der Waals surface area contributed by atoms with Gasteiger partial charge in [-0.15, -0.1) is 0 Å². The molecule has 3 nitrogen and oxygen atoms in total. The standard InChI is InChI=1S/C17H20N2O/c1-12-9-13(2)11-16(10-12)19-17(20)18-14(3)15-7-5-4-6-8-15/h4-11,14H,1-3H3,(H2,18,19,20)/t14-/m1/s1. The number of hydrogen-bond donors (Lipinski definition) is 2. The van der Waals surface area contributed by atoms with E-state index in [0.29, 0.717) is 0 Å². The maximum Gasteiger partial charge on any atom is 0.319 e. The predicted molar refractivity (Wildman–Crippen MR) is 82.9 cm³/mol. The van der Waals surface area contributed by atoms with Gasteiger partial charge in [0.2, 0.25) is 0 Å². The van der Waals surface area contributed by atoms with Crippen molar-refractivity contribution in [3.8, 4) is 0 Å². The molecule has 0 saturated heterocycles. The smallest absolute Gasteiger partial charge is 0.319 e. The van der Waals surface area contributed by atoms with E-state index < -0.39 is 0 Å². The van der Waals surface area contributed by atoms with E-state index in [1.807, 2.05) is 63.2 Å². The third kappa shape index (κ3) is 3.85. The second kappa shape index (κ2) is 6.24. The number of aryl methyl sites for hydroxylation is 2. The first-order valence-electron chi connectivity index (χ1n) is 6.75. The van der Waals surface area contributed by atoms with Crippen molar-refractivity contribution in [2.45, 2.75) is 26.8 Å². The Hall–Kier alpha value is -2.29. The van der Waals surface area contributed by atoms with Crippen LogP contribution in [0.5, 0.6) is 0 Å². The van der Waals surface area contributed by atoms with Crippen LogP contribution in [0.1, 0.15) is 29.7 Å². The summed E-state index contributed by atoms with van der Waals surface area (Å²) in [5.74, 6) is 0. The second-order valence-corrected chi connectivity index (χ2v) is 5.11. The molecule has 0 saturated carbocycles. The number of anilines is 1. The van der Waals surface area contributed by atoms with Crippen LogP contribution >= 0.6 is 0 Å². The maximum atomic E-state index is 12.0. The molecule has 2 amide bonds. The Morgan fingerprint density at radius 1 is 1.00 bits per heavy atom. The average Bonchev–Trinajstić information content (AvgIpc) is 2.38. The Morgan fingerprint density at radius 2 is 1.60 bits per heavy atom. The minimum absolute atomic E-state index is 0.0258. The normalized spacial score (nSPS) is 11.8. The van der Waals surface area contributed by atoms with E-state index in [9.17, 15) is 4.79 Å². The van der Waals surface area contributed by atoms with E-state index in [1.165, 1.54) is 0 Å². The number of rotatable bonds is 3. The Balaban J connectivity index is 1.99. The molecular weight excluding hydrogens is 248 g/mol. The molecule has 2 aromatic carbocycles. The molecule has 0 aliphatic carbocycles. The highest BCUT2D eigenvalue weighted by atomic mass is 16.2. The molecule has 2 rings (SSSR count). The van der Waals surface area contributed by atoms with Crippen LogP contribution in [-0.2, 0) is 0 Å². The van der Waals surface area contributed by atoms with Crippen molar-refractivity contribution in [3.63, 3.8) is 0 Å². The van der Waals surface area contributed by atoms with Crippen molar-refractivity contribution in [3.05, 3.63) is 65.2 Å². The molecule has 0 aliphatic rings. The number of urea groups is 1. The molecule has 0 aliphatic heterocycles. The first-order chi connectivity index (χ1) is 9.54. The molecule has 104 valence electrons. The molecule has 2 N–H and O–H groups in total. The number of amides is 2. The lowest BCUT2D eigenvalue weighted by Crippen LogP contribution is -2.31. The summed E-state index contributed by atoms with van der Waals surface area (Å²) in [6.45, 7) is 6.00. The summed E-state index contributed by atoms with van der Waals surface area (Å²) in [4.78, 5) is 12.0. The van der Waals surface area contributed by atoms with E-state index in [1.54, 1.807) is 0 Å². The van der Waals surface area contributed by atoms with Gasteiger partial charge in [-0.25, -0.2) is 4.79 Å². The fourth-order valence-corrected chi connectivity index (χ4v) is 2.24. The molecular formula is C17H20N2O. The summed E-state index contributed by atoms with van der Waals surface area (Å²) in [5, 5.41) is 5.81. The first-order valence-corrected chi connectivity index (χ1v) is 6.75. The fourth-order valence-electron chi connectivity index (χ4n) is 2.24. The topological polar surface area (TPSA) is 41.1 Å². The van der Waals surface area contributed by atoms with Crippen molar-refractivity contribution in [1.29, 1.82) is 0 Å². The van der Waals surface area contributed by atoms with Gasteiger partial charge in [-0.1, -0.05) is 36.4 Å². The average molecular weight is 268 g/mol. The van der Waals surface area contributed by atoms with Crippen molar-refractivity contribution in [2.75, 3.05) is 5.32 Å². The summed E-state index contributed by atoms with van der Waals surface area (Å²) in [6, 6.07) is 15.7. The van der Waals surface area contributed by atoms with Crippen LogP contribution in [0, 0.1) is 13.8 Å². The largest absolute Gasteiger partial charge is 0.331 e. The summed E-state index contributed by atoms with van der Waals surface area (Å²) < 4.78 is 0. The molecule has 3 heteroatoms. The van der Waals surface area contributed by atoms with Gasteiger partial charge in [-0.2, -0.15) is 0 Å². The van der Waals surface area contributed by atoms with E-state index in [2.05, 4.69) is 16.7 Å². The van der Waals surface area contributed by atoms with Crippen LogP contribution in [0.2, 0.25) is 0 Å². The minimum atomic E-state index is -0.189. The lowest BCUT2D eigenvalue weighted by molar-refractivity contribution is 0.249. The zero-order valence-corrected chi connectivity index (χ0v) is 12.1.